The first-order valence-electron chi connectivity index (χ1n) is 9.00. The van der Waals surface area contributed by atoms with Crippen LogP contribution in [0.1, 0.15) is 25.3 Å². The zero-order valence-electron chi connectivity index (χ0n) is 16.0. The van der Waals surface area contributed by atoms with E-state index in [-0.39, 0.29) is 5.54 Å². The number of nitrogens with zero attached hydrogens (tertiary/aromatic N) is 2. The Morgan fingerprint density at radius 1 is 1.24 bits per heavy atom. The number of rotatable bonds is 7. The second-order valence-electron chi connectivity index (χ2n) is 6.59. The van der Waals surface area contributed by atoms with Gasteiger partial charge in [0, 0.05) is 37.4 Å². The van der Waals surface area contributed by atoms with Crippen LogP contribution in [0.2, 0.25) is 0 Å². The minimum atomic E-state index is 0.110. The van der Waals surface area contributed by atoms with Crippen LogP contribution in [0.15, 0.2) is 29.3 Å². The van der Waals surface area contributed by atoms with Gasteiger partial charge in [0.2, 0.25) is 0 Å². The number of methoxy groups -OCH3 is 1. The Hall–Kier alpha value is -1.79. The van der Waals surface area contributed by atoms with Gasteiger partial charge in [-0.1, -0.05) is 18.2 Å². The molecular formula is C19H32N4O2. The zero-order valence-corrected chi connectivity index (χ0v) is 16.0. The highest BCUT2D eigenvalue weighted by Crippen LogP contribution is 2.25. The summed E-state index contributed by atoms with van der Waals surface area (Å²) in [5.41, 5.74) is 1.19. The summed E-state index contributed by atoms with van der Waals surface area (Å²) in [6, 6.07) is 8.00. The van der Waals surface area contributed by atoms with Gasteiger partial charge in [0.05, 0.1) is 13.7 Å². The quantitative estimate of drug-likeness (QED) is 0.582. The number of aliphatic imine (C=N–C) groups is 1. The molecule has 0 unspecified atom stereocenters. The lowest BCUT2D eigenvalue weighted by atomic mass is 9.88. The van der Waals surface area contributed by atoms with Gasteiger partial charge in [0.25, 0.3) is 0 Å². The normalized spacial score (nSPS) is 17.4. The van der Waals surface area contributed by atoms with Crippen LogP contribution in [-0.2, 0) is 11.3 Å². The van der Waals surface area contributed by atoms with Gasteiger partial charge in [0.15, 0.2) is 5.96 Å². The molecule has 1 aliphatic rings. The fourth-order valence-corrected chi connectivity index (χ4v) is 3.12. The number of ether oxygens (including phenoxy) is 2. The maximum atomic E-state index is 5.55. The molecule has 0 radical (unpaired) electrons. The SMILES string of the molecule is CCNC(=NCc1ccccc1OC)NCC1(N(C)C)CCOCC1. The highest BCUT2D eigenvalue weighted by Gasteiger charge is 2.34. The number of guanidine groups is 1. The van der Waals surface area contributed by atoms with Crippen LogP contribution in [0.5, 0.6) is 5.75 Å². The van der Waals surface area contributed by atoms with E-state index in [4.69, 9.17) is 14.5 Å². The number of benzene rings is 1. The highest BCUT2D eigenvalue weighted by molar-refractivity contribution is 5.79. The molecular weight excluding hydrogens is 316 g/mol. The molecule has 2 N–H and O–H groups in total. The highest BCUT2D eigenvalue weighted by atomic mass is 16.5. The van der Waals surface area contributed by atoms with Crippen LogP contribution in [0.3, 0.4) is 0 Å². The molecule has 1 aliphatic heterocycles. The Kier molecular flexibility index (Phi) is 7.52. The average molecular weight is 348 g/mol. The van der Waals surface area contributed by atoms with Crippen molar-refractivity contribution in [2.45, 2.75) is 31.8 Å². The number of nitrogens with one attached hydrogen (secondary N) is 2. The summed E-state index contributed by atoms with van der Waals surface area (Å²) in [7, 11) is 5.98. The molecule has 25 heavy (non-hydrogen) atoms. The molecule has 6 heteroatoms. The lowest BCUT2D eigenvalue weighted by Crippen LogP contribution is -2.57. The Labute approximate surface area is 151 Å². The fraction of sp³-hybridized carbons (Fsp3) is 0.632. The summed E-state index contributed by atoms with van der Waals surface area (Å²) in [5.74, 6) is 1.71. The predicted octanol–water partition coefficient (Wildman–Crippen LogP) is 1.86. The Balaban J connectivity index is 2.04. The molecule has 0 amide bonds. The van der Waals surface area contributed by atoms with E-state index in [0.29, 0.717) is 6.54 Å². The topological polar surface area (TPSA) is 58.1 Å². The van der Waals surface area contributed by atoms with E-state index in [9.17, 15) is 0 Å². The summed E-state index contributed by atoms with van der Waals surface area (Å²) < 4.78 is 11.0. The Morgan fingerprint density at radius 2 is 1.96 bits per heavy atom. The van der Waals surface area contributed by atoms with Gasteiger partial charge in [0.1, 0.15) is 5.75 Å². The molecule has 0 saturated carbocycles. The second kappa shape index (κ2) is 9.63. The van der Waals surface area contributed by atoms with Gasteiger partial charge in [-0.3, -0.25) is 0 Å². The minimum Gasteiger partial charge on any atom is -0.496 e. The summed E-state index contributed by atoms with van der Waals surface area (Å²) in [6.07, 6.45) is 2.05. The molecule has 0 aromatic heterocycles. The maximum absolute atomic E-state index is 5.55. The summed E-state index contributed by atoms with van der Waals surface area (Å²) in [6.45, 7) is 5.97. The van der Waals surface area contributed by atoms with E-state index >= 15 is 0 Å². The summed E-state index contributed by atoms with van der Waals surface area (Å²) in [4.78, 5) is 7.04. The van der Waals surface area contributed by atoms with Crippen LogP contribution in [0.25, 0.3) is 0 Å². The van der Waals surface area contributed by atoms with Crippen molar-refractivity contribution < 1.29 is 9.47 Å². The first-order chi connectivity index (χ1) is 12.1. The fourth-order valence-electron chi connectivity index (χ4n) is 3.12. The first-order valence-corrected chi connectivity index (χ1v) is 9.00. The average Bonchev–Trinajstić information content (AvgIpc) is 2.65. The lowest BCUT2D eigenvalue weighted by Gasteiger charge is -2.43. The van der Waals surface area contributed by atoms with Crippen molar-refractivity contribution in [1.29, 1.82) is 0 Å². The minimum absolute atomic E-state index is 0.110. The van der Waals surface area contributed by atoms with Gasteiger partial charge in [-0.15, -0.1) is 0 Å². The molecule has 1 aromatic carbocycles. The van der Waals surface area contributed by atoms with Crippen molar-refractivity contribution >= 4 is 5.96 Å². The number of hydrogen-bond acceptors (Lipinski definition) is 4. The van der Waals surface area contributed by atoms with Crippen molar-refractivity contribution in [2.75, 3.05) is 47.5 Å². The van der Waals surface area contributed by atoms with Crippen molar-refractivity contribution in [1.82, 2.24) is 15.5 Å². The van der Waals surface area contributed by atoms with E-state index in [1.54, 1.807) is 7.11 Å². The van der Waals surface area contributed by atoms with Crippen molar-refractivity contribution in [3.8, 4) is 5.75 Å². The van der Waals surface area contributed by atoms with Gasteiger partial charge >= 0.3 is 0 Å². The molecule has 0 spiro atoms. The van der Waals surface area contributed by atoms with Gasteiger partial charge in [-0.05, 0) is 39.9 Å². The lowest BCUT2D eigenvalue weighted by molar-refractivity contribution is -0.00501. The summed E-state index contributed by atoms with van der Waals surface area (Å²) >= 11 is 0. The van der Waals surface area contributed by atoms with Gasteiger partial charge in [-0.25, -0.2) is 4.99 Å². The molecule has 0 bridgehead atoms. The van der Waals surface area contributed by atoms with Crippen LogP contribution in [-0.4, -0.2) is 63.9 Å². The number of para-hydroxylation sites is 1. The van der Waals surface area contributed by atoms with Gasteiger partial charge in [-0.2, -0.15) is 0 Å². The van der Waals surface area contributed by atoms with E-state index in [1.165, 1.54) is 0 Å². The van der Waals surface area contributed by atoms with Crippen LogP contribution >= 0.6 is 0 Å². The van der Waals surface area contributed by atoms with E-state index in [0.717, 1.165) is 56.4 Å². The van der Waals surface area contributed by atoms with Crippen LogP contribution in [0.4, 0.5) is 0 Å². The molecule has 1 fully saturated rings. The molecule has 1 saturated heterocycles. The first kappa shape index (κ1) is 19.5. The van der Waals surface area contributed by atoms with Crippen LogP contribution in [0, 0.1) is 0 Å². The Morgan fingerprint density at radius 3 is 2.60 bits per heavy atom. The third-order valence-corrected chi connectivity index (χ3v) is 4.90. The molecule has 1 aromatic rings. The second-order valence-corrected chi connectivity index (χ2v) is 6.59. The number of likely N-dealkylation sites (N-methyl/N-ethyl adjacent to an activating group) is 1. The molecule has 1 heterocycles. The molecule has 2 rings (SSSR count). The van der Waals surface area contributed by atoms with E-state index in [1.807, 2.05) is 24.3 Å². The standard InChI is InChI=1S/C19H32N4O2/c1-5-20-18(21-14-16-8-6-7-9-17(16)24-4)22-15-19(23(2)3)10-12-25-13-11-19/h6-9H,5,10-15H2,1-4H3,(H2,20,21,22). The third kappa shape index (κ3) is 5.34. The Bertz CT molecular complexity index is 554. The monoisotopic (exact) mass is 348 g/mol. The largest absolute Gasteiger partial charge is 0.496 e. The summed E-state index contributed by atoms with van der Waals surface area (Å²) in [5, 5.41) is 6.86. The van der Waals surface area contributed by atoms with E-state index in [2.05, 4.69) is 36.6 Å². The maximum Gasteiger partial charge on any atom is 0.191 e. The van der Waals surface area contributed by atoms with Gasteiger partial charge < -0.3 is 25.0 Å². The van der Waals surface area contributed by atoms with Crippen molar-refractivity contribution in [3.63, 3.8) is 0 Å². The zero-order chi connectivity index (χ0) is 18.1. The third-order valence-electron chi connectivity index (χ3n) is 4.90. The van der Waals surface area contributed by atoms with Crippen LogP contribution < -0.4 is 15.4 Å². The van der Waals surface area contributed by atoms with Crippen molar-refractivity contribution in [2.24, 2.45) is 4.99 Å². The number of hydrogen-bond donors (Lipinski definition) is 2. The predicted molar refractivity (Wildman–Crippen MR) is 102 cm³/mol. The van der Waals surface area contributed by atoms with Crippen molar-refractivity contribution in [3.05, 3.63) is 29.8 Å². The molecule has 6 nitrogen and oxygen atoms in total. The van der Waals surface area contributed by atoms with E-state index < -0.39 is 0 Å². The molecule has 140 valence electrons. The molecule has 0 aliphatic carbocycles. The smallest absolute Gasteiger partial charge is 0.191 e. The molecule has 0 atom stereocenters.